The van der Waals surface area contributed by atoms with Crippen LogP contribution in [0.4, 0.5) is 20.5 Å². The van der Waals surface area contributed by atoms with Gasteiger partial charge in [0.25, 0.3) is 0 Å². The fourth-order valence-electron chi connectivity index (χ4n) is 4.41. The second-order valence-electron chi connectivity index (χ2n) is 8.83. The lowest BCUT2D eigenvalue weighted by Crippen LogP contribution is -2.49. The van der Waals surface area contributed by atoms with E-state index >= 15 is 4.39 Å². The number of carbonyl (C=O) groups excluding carboxylic acids is 1. The number of halogens is 2. The fourth-order valence-corrected chi connectivity index (χ4v) is 4.41. The number of nitrogen functional groups attached to an aromatic ring is 1. The first kappa shape index (κ1) is 25.4. The summed E-state index contributed by atoms with van der Waals surface area (Å²) in [6.07, 6.45) is 0.269. The van der Waals surface area contributed by atoms with Gasteiger partial charge in [0.15, 0.2) is 17.3 Å². The van der Waals surface area contributed by atoms with Crippen molar-refractivity contribution in [2.24, 2.45) is 0 Å². The molecule has 192 valence electrons. The minimum Gasteiger partial charge on any atom is -0.493 e. The number of ether oxygens (including phenoxy) is 2. The highest BCUT2D eigenvalue weighted by atomic mass is 19.1. The normalized spacial score (nSPS) is 14.9. The average Bonchev–Trinajstić information content (AvgIpc) is 2.87. The molecule has 2 N–H and O–H groups in total. The Hall–Kier alpha value is -3.73. The van der Waals surface area contributed by atoms with Crippen LogP contribution < -0.4 is 20.1 Å². The van der Waals surface area contributed by atoms with E-state index in [1.807, 2.05) is 23.9 Å². The van der Waals surface area contributed by atoms with Gasteiger partial charge >= 0.3 is 0 Å². The van der Waals surface area contributed by atoms with E-state index in [4.69, 9.17) is 15.2 Å². The van der Waals surface area contributed by atoms with Crippen molar-refractivity contribution in [1.29, 1.82) is 0 Å². The van der Waals surface area contributed by atoms with Crippen molar-refractivity contribution < 1.29 is 23.0 Å². The maximum Gasteiger partial charge on any atom is 0.228 e. The quantitative estimate of drug-likeness (QED) is 0.529. The lowest BCUT2D eigenvalue weighted by molar-refractivity contribution is -0.132. The molecule has 36 heavy (non-hydrogen) atoms. The van der Waals surface area contributed by atoms with Crippen molar-refractivity contribution in [3.63, 3.8) is 0 Å². The van der Waals surface area contributed by atoms with E-state index in [0.29, 0.717) is 31.6 Å². The van der Waals surface area contributed by atoms with Crippen LogP contribution in [0, 0.1) is 11.6 Å². The molecule has 11 heteroatoms. The molecule has 0 bridgehead atoms. The summed E-state index contributed by atoms with van der Waals surface area (Å²) in [7, 11) is 6.55. The minimum absolute atomic E-state index is 0.000468. The average molecular weight is 501 g/mol. The van der Waals surface area contributed by atoms with Crippen molar-refractivity contribution in [1.82, 2.24) is 19.8 Å². The summed E-state index contributed by atoms with van der Waals surface area (Å²) in [5, 5.41) is 0.332. The summed E-state index contributed by atoms with van der Waals surface area (Å²) in [5.41, 5.74) is 7.06. The Bertz CT molecular complexity index is 1250. The third kappa shape index (κ3) is 4.97. The third-order valence-electron chi connectivity index (χ3n) is 6.46. The maximum absolute atomic E-state index is 15.1. The van der Waals surface area contributed by atoms with Crippen molar-refractivity contribution in [2.45, 2.75) is 12.5 Å². The van der Waals surface area contributed by atoms with Gasteiger partial charge < -0.3 is 29.9 Å². The summed E-state index contributed by atoms with van der Waals surface area (Å²) in [4.78, 5) is 27.5. The monoisotopic (exact) mass is 500 g/mol. The highest BCUT2D eigenvalue weighted by molar-refractivity contribution is 5.92. The zero-order chi connectivity index (χ0) is 26.0. The molecule has 1 fully saturated rings. The van der Waals surface area contributed by atoms with Gasteiger partial charge in [-0.1, -0.05) is 12.1 Å². The van der Waals surface area contributed by atoms with E-state index < -0.39 is 5.82 Å². The molecule has 2 heterocycles. The topological polar surface area (TPSA) is 97.0 Å². The van der Waals surface area contributed by atoms with Crippen molar-refractivity contribution in [3.8, 4) is 11.5 Å². The SMILES string of the molecule is COc1cc2c(N)nc(N3CCN(C(=O)C[C@H](c4ccc(F)cc4)N(C)C)CC3)nc2c(F)c1OC. The highest BCUT2D eigenvalue weighted by Crippen LogP contribution is 2.37. The van der Waals surface area contributed by atoms with Crippen LogP contribution in [0.3, 0.4) is 0 Å². The predicted molar refractivity (Wildman–Crippen MR) is 133 cm³/mol. The standard InChI is InChI=1S/C25H30F2N6O3/c1-31(2)18(15-5-7-16(26)8-6-15)14-20(34)32-9-11-33(12-10-32)25-29-22-17(24(28)30-25)13-19(35-3)23(36-4)21(22)27/h5-8,13,18H,9-12,14H2,1-4H3,(H2,28,29,30)/t18-/m1/s1. The molecular weight excluding hydrogens is 470 g/mol. The van der Waals surface area contributed by atoms with E-state index in [9.17, 15) is 9.18 Å². The number of rotatable bonds is 7. The van der Waals surface area contributed by atoms with Gasteiger partial charge in [0.2, 0.25) is 11.9 Å². The molecule has 0 radical (unpaired) electrons. The number of fused-ring (bicyclic) bond motifs is 1. The Labute approximate surface area is 208 Å². The van der Waals surface area contributed by atoms with Gasteiger partial charge in [0.1, 0.15) is 17.2 Å². The number of piperazine rings is 1. The van der Waals surface area contributed by atoms with Crippen LogP contribution in [0.2, 0.25) is 0 Å². The largest absolute Gasteiger partial charge is 0.493 e. The van der Waals surface area contributed by atoms with Crippen molar-refractivity contribution >= 4 is 28.6 Å². The third-order valence-corrected chi connectivity index (χ3v) is 6.46. The number of hydrogen-bond donors (Lipinski definition) is 1. The Morgan fingerprint density at radius 1 is 1.08 bits per heavy atom. The molecule has 1 aliphatic heterocycles. The van der Waals surface area contributed by atoms with Gasteiger partial charge in [0, 0.05) is 44.0 Å². The smallest absolute Gasteiger partial charge is 0.228 e. The second-order valence-corrected chi connectivity index (χ2v) is 8.83. The lowest BCUT2D eigenvalue weighted by Gasteiger charge is -2.36. The van der Waals surface area contributed by atoms with Crippen LogP contribution in [0.5, 0.6) is 11.5 Å². The Morgan fingerprint density at radius 2 is 1.75 bits per heavy atom. The number of benzene rings is 2. The summed E-state index contributed by atoms with van der Waals surface area (Å²) < 4.78 is 38.8. The number of nitrogens with two attached hydrogens (primary N) is 1. The van der Waals surface area contributed by atoms with Gasteiger partial charge in [-0.05, 0) is 37.9 Å². The van der Waals surface area contributed by atoms with E-state index in [1.165, 1.54) is 26.4 Å². The first-order valence-electron chi connectivity index (χ1n) is 11.6. The van der Waals surface area contributed by atoms with E-state index in [2.05, 4.69) is 9.97 Å². The summed E-state index contributed by atoms with van der Waals surface area (Å²) in [6.45, 7) is 1.85. The number of amides is 1. The van der Waals surface area contributed by atoms with Crippen molar-refractivity contribution in [2.75, 3.05) is 65.1 Å². The minimum atomic E-state index is -0.675. The molecule has 0 unspecified atom stereocenters. The number of hydrogen-bond acceptors (Lipinski definition) is 8. The molecule has 4 rings (SSSR count). The van der Waals surface area contributed by atoms with Crippen LogP contribution in [0.1, 0.15) is 18.0 Å². The fraction of sp³-hybridized carbons (Fsp3) is 0.400. The molecule has 2 aromatic carbocycles. The summed E-state index contributed by atoms with van der Waals surface area (Å²) in [6, 6.07) is 7.59. The Balaban J connectivity index is 1.48. The predicted octanol–water partition coefficient (Wildman–Crippen LogP) is 2.85. The molecule has 0 saturated carbocycles. The molecule has 1 amide bonds. The molecule has 1 atom stereocenters. The first-order chi connectivity index (χ1) is 17.2. The van der Waals surface area contributed by atoms with Crippen LogP contribution in [-0.4, -0.2) is 80.2 Å². The highest BCUT2D eigenvalue weighted by Gasteiger charge is 2.27. The molecule has 1 aromatic heterocycles. The summed E-state index contributed by atoms with van der Waals surface area (Å²) >= 11 is 0. The number of nitrogens with zero attached hydrogens (tertiary/aromatic N) is 5. The van der Waals surface area contributed by atoms with Gasteiger partial charge in [0.05, 0.1) is 14.2 Å². The number of aromatic nitrogens is 2. The van der Waals surface area contributed by atoms with Gasteiger partial charge in [-0.15, -0.1) is 0 Å². The Kier molecular flexibility index (Phi) is 7.39. The van der Waals surface area contributed by atoms with Crippen LogP contribution >= 0.6 is 0 Å². The zero-order valence-corrected chi connectivity index (χ0v) is 20.8. The molecule has 3 aromatic rings. The number of methoxy groups -OCH3 is 2. The van der Waals surface area contributed by atoms with Gasteiger partial charge in [-0.3, -0.25) is 4.79 Å². The maximum atomic E-state index is 15.1. The zero-order valence-electron chi connectivity index (χ0n) is 20.8. The molecule has 0 aliphatic carbocycles. The van der Waals surface area contributed by atoms with E-state index in [-0.39, 0.29) is 53.0 Å². The first-order valence-corrected chi connectivity index (χ1v) is 11.6. The molecule has 9 nitrogen and oxygen atoms in total. The van der Waals surface area contributed by atoms with Crippen LogP contribution in [0.25, 0.3) is 10.9 Å². The second kappa shape index (κ2) is 10.5. The van der Waals surface area contributed by atoms with Crippen LogP contribution in [-0.2, 0) is 4.79 Å². The molecular formula is C25H30F2N6O3. The van der Waals surface area contributed by atoms with E-state index in [1.54, 1.807) is 23.1 Å². The number of anilines is 2. The molecule has 1 aliphatic rings. The van der Waals surface area contributed by atoms with Crippen molar-refractivity contribution in [3.05, 3.63) is 47.5 Å². The van der Waals surface area contributed by atoms with Gasteiger partial charge in [-0.2, -0.15) is 4.98 Å². The molecule has 1 saturated heterocycles. The lowest BCUT2D eigenvalue weighted by atomic mass is 10.0. The summed E-state index contributed by atoms with van der Waals surface area (Å²) in [5.74, 6) is -0.425. The van der Waals surface area contributed by atoms with Gasteiger partial charge in [-0.25, -0.2) is 13.8 Å². The number of carbonyl (C=O) groups is 1. The molecule has 0 spiro atoms. The van der Waals surface area contributed by atoms with Crippen LogP contribution in [0.15, 0.2) is 30.3 Å². The Morgan fingerprint density at radius 3 is 2.33 bits per heavy atom. The van der Waals surface area contributed by atoms with E-state index in [0.717, 1.165) is 5.56 Å².